The van der Waals surface area contributed by atoms with E-state index in [0.29, 0.717) is 5.69 Å². The molecule has 4 aromatic rings. The van der Waals surface area contributed by atoms with Crippen molar-refractivity contribution >= 4 is 43.4 Å². The summed E-state index contributed by atoms with van der Waals surface area (Å²) in [7, 11) is -3.50. The van der Waals surface area contributed by atoms with Crippen LogP contribution >= 0.6 is 0 Å². The number of anilines is 1. The normalized spacial score (nSPS) is 11.7. The van der Waals surface area contributed by atoms with Gasteiger partial charge in [0.1, 0.15) is 11.2 Å². The number of amides is 1. The molecular formula is C20H15NO4S. The summed E-state index contributed by atoms with van der Waals surface area (Å²) in [5.41, 5.74) is 2.18. The van der Waals surface area contributed by atoms with Crippen molar-refractivity contribution < 1.29 is 17.6 Å². The summed E-state index contributed by atoms with van der Waals surface area (Å²) in [6, 6.07) is 19.1. The number of furan rings is 1. The number of carbonyl (C=O) groups excluding carboxylic acids is 1. The van der Waals surface area contributed by atoms with Gasteiger partial charge in [0.05, 0.1) is 10.5 Å². The fraction of sp³-hybridized carbons (Fsp3) is 0.0500. The monoisotopic (exact) mass is 365 g/mol. The average Bonchev–Trinajstić information content (AvgIpc) is 2.99. The minimum Gasteiger partial charge on any atom is -0.456 e. The quantitative estimate of drug-likeness (QED) is 0.589. The first-order chi connectivity index (χ1) is 12.4. The Labute approximate surface area is 150 Å². The maximum absolute atomic E-state index is 12.6. The van der Waals surface area contributed by atoms with Crippen LogP contribution in [-0.2, 0) is 9.84 Å². The zero-order valence-electron chi connectivity index (χ0n) is 13.9. The predicted molar refractivity (Wildman–Crippen MR) is 101 cm³/mol. The van der Waals surface area contributed by atoms with Crippen molar-refractivity contribution in [3.8, 4) is 0 Å². The molecule has 0 spiro atoms. The smallest absolute Gasteiger partial charge is 0.256 e. The largest absolute Gasteiger partial charge is 0.456 e. The molecule has 0 saturated heterocycles. The Kier molecular flexibility index (Phi) is 3.77. The molecule has 0 atom stereocenters. The highest BCUT2D eigenvalue weighted by Crippen LogP contribution is 2.30. The van der Waals surface area contributed by atoms with E-state index in [9.17, 15) is 13.2 Å². The van der Waals surface area contributed by atoms with Crippen molar-refractivity contribution in [3.63, 3.8) is 0 Å². The Hall–Kier alpha value is -3.12. The Bertz CT molecular complexity index is 1260. The fourth-order valence-electron chi connectivity index (χ4n) is 2.98. The van der Waals surface area contributed by atoms with Gasteiger partial charge in [-0.05, 0) is 36.4 Å². The molecule has 4 rings (SSSR count). The van der Waals surface area contributed by atoms with Gasteiger partial charge >= 0.3 is 0 Å². The van der Waals surface area contributed by atoms with Gasteiger partial charge in [-0.25, -0.2) is 8.42 Å². The molecule has 1 N–H and O–H groups in total. The van der Waals surface area contributed by atoms with Crippen molar-refractivity contribution in [1.29, 1.82) is 0 Å². The molecule has 26 heavy (non-hydrogen) atoms. The summed E-state index contributed by atoms with van der Waals surface area (Å²) >= 11 is 0. The van der Waals surface area contributed by atoms with E-state index in [4.69, 9.17) is 4.42 Å². The zero-order valence-corrected chi connectivity index (χ0v) is 14.7. The SMILES string of the molecule is CS(=O)(=O)c1ccccc1C(=O)Nc1ccc2oc3ccccc3c2c1. The average molecular weight is 365 g/mol. The molecule has 1 amide bonds. The lowest BCUT2D eigenvalue weighted by Gasteiger charge is -2.09. The number of hydrogen-bond donors (Lipinski definition) is 1. The number of benzene rings is 3. The van der Waals surface area contributed by atoms with E-state index in [1.54, 1.807) is 24.3 Å². The van der Waals surface area contributed by atoms with Gasteiger partial charge in [-0.15, -0.1) is 0 Å². The first-order valence-corrected chi connectivity index (χ1v) is 9.84. The Morgan fingerprint density at radius 2 is 1.58 bits per heavy atom. The van der Waals surface area contributed by atoms with Gasteiger partial charge in [0.25, 0.3) is 5.91 Å². The Balaban J connectivity index is 1.74. The van der Waals surface area contributed by atoms with Gasteiger partial charge in [0, 0.05) is 22.7 Å². The molecule has 0 unspecified atom stereocenters. The maximum Gasteiger partial charge on any atom is 0.256 e. The van der Waals surface area contributed by atoms with Crippen molar-refractivity contribution in [2.24, 2.45) is 0 Å². The predicted octanol–water partition coefficient (Wildman–Crippen LogP) is 4.24. The summed E-state index contributed by atoms with van der Waals surface area (Å²) in [5, 5.41) is 4.61. The maximum atomic E-state index is 12.6. The number of carbonyl (C=O) groups is 1. The summed E-state index contributed by atoms with van der Waals surface area (Å²) in [6.45, 7) is 0. The van der Waals surface area contributed by atoms with Gasteiger partial charge in [-0.3, -0.25) is 4.79 Å². The van der Waals surface area contributed by atoms with E-state index in [1.165, 1.54) is 12.1 Å². The van der Waals surface area contributed by atoms with E-state index in [1.807, 2.05) is 30.3 Å². The highest BCUT2D eigenvalue weighted by molar-refractivity contribution is 7.90. The second kappa shape index (κ2) is 6.00. The first-order valence-electron chi connectivity index (χ1n) is 7.95. The Morgan fingerprint density at radius 3 is 2.38 bits per heavy atom. The molecule has 0 bridgehead atoms. The van der Waals surface area contributed by atoms with Crippen LogP contribution in [0.25, 0.3) is 21.9 Å². The van der Waals surface area contributed by atoms with Crippen LogP contribution < -0.4 is 5.32 Å². The lowest BCUT2D eigenvalue weighted by atomic mass is 10.1. The third-order valence-electron chi connectivity index (χ3n) is 4.17. The summed E-state index contributed by atoms with van der Waals surface area (Å²) < 4.78 is 29.6. The topological polar surface area (TPSA) is 76.4 Å². The van der Waals surface area contributed by atoms with E-state index in [0.717, 1.165) is 28.2 Å². The molecule has 3 aromatic carbocycles. The number of para-hydroxylation sites is 1. The minimum absolute atomic E-state index is 0.00680. The van der Waals surface area contributed by atoms with Crippen LogP contribution in [-0.4, -0.2) is 20.6 Å². The molecule has 1 heterocycles. The molecular weight excluding hydrogens is 350 g/mol. The van der Waals surface area contributed by atoms with Crippen molar-refractivity contribution in [2.45, 2.75) is 4.90 Å². The minimum atomic E-state index is -3.50. The van der Waals surface area contributed by atoms with Gasteiger partial charge < -0.3 is 9.73 Å². The Morgan fingerprint density at radius 1 is 0.885 bits per heavy atom. The van der Waals surface area contributed by atoms with Gasteiger partial charge in [-0.1, -0.05) is 30.3 Å². The van der Waals surface area contributed by atoms with Crippen LogP contribution in [0.1, 0.15) is 10.4 Å². The van der Waals surface area contributed by atoms with Gasteiger partial charge in [0.2, 0.25) is 0 Å². The second-order valence-electron chi connectivity index (χ2n) is 6.03. The number of sulfone groups is 1. The number of hydrogen-bond acceptors (Lipinski definition) is 4. The molecule has 0 fully saturated rings. The van der Waals surface area contributed by atoms with Crippen molar-refractivity contribution in [1.82, 2.24) is 0 Å². The van der Waals surface area contributed by atoms with Crippen LogP contribution in [0.15, 0.2) is 76.0 Å². The van der Waals surface area contributed by atoms with Crippen LogP contribution in [0, 0.1) is 0 Å². The highest BCUT2D eigenvalue weighted by atomic mass is 32.2. The standard InChI is InChI=1S/C20H15NO4S/c1-26(23,24)19-9-5-3-7-15(19)20(22)21-13-10-11-18-16(12-13)14-6-2-4-8-17(14)25-18/h2-12H,1H3,(H,21,22). The summed E-state index contributed by atoms with van der Waals surface area (Å²) in [5.74, 6) is -0.474. The van der Waals surface area contributed by atoms with Crippen LogP contribution in [0.4, 0.5) is 5.69 Å². The molecule has 1 aromatic heterocycles. The summed E-state index contributed by atoms with van der Waals surface area (Å²) in [6.07, 6.45) is 1.09. The highest BCUT2D eigenvalue weighted by Gasteiger charge is 2.18. The van der Waals surface area contributed by atoms with Crippen molar-refractivity contribution in [2.75, 3.05) is 11.6 Å². The van der Waals surface area contributed by atoms with Crippen LogP contribution in [0.3, 0.4) is 0 Å². The van der Waals surface area contributed by atoms with Crippen LogP contribution in [0.2, 0.25) is 0 Å². The third kappa shape index (κ3) is 2.84. The first kappa shape index (κ1) is 16.4. The van der Waals surface area contributed by atoms with Gasteiger partial charge in [-0.2, -0.15) is 0 Å². The number of fused-ring (bicyclic) bond motifs is 3. The second-order valence-corrected chi connectivity index (χ2v) is 8.02. The molecule has 6 heteroatoms. The van der Waals surface area contributed by atoms with Crippen LogP contribution in [0.5, 0.6) is 0 Å². The van der Waals surface area contributed by atoms with E-state index >= 15 is 0 Å². The lowest BCUT2D eigenvalue weighted by Crippen LogP contribution is -2.15. The molecule has 0 aliphatic heterocycles. The molecule has 0 radical (unpaired) electrons. The van der Waals surface area contributed by atoms with E-state index in [-0.39, 0.29) is 10.5 Å². The summed E-state index contributed by atoms with van der Waals surface area (Å²) in [4.78, 5) is 12.6. The molecule has 0 aliphatic carbocycles. The van der Waals surface area contributed by atoms with E-state index in [2.05, 4.69) is 5.32 Å². The lowest BCUT2D eigenvalue weighted by molar-refractivity contribution is 0.102. The van der Waals surface area contributed by atoms with Crippen molar-refractivity contribution in [3.05, 3.63) is 72.3 Å². The molecule has 5 nitrogen and oxygen atoms in total. The molecule has 0 saturated carbocycles. The fourth-order valence-corrected chi connectivity index (χ4v) is 3.87. The van der Waals surface area contributed by atoms with Gasteiger partial charge in [0.15, 0.2) is 9.84 Å². The zero-order chi connectivity index (χ0) is 18.3. The number of nitrogens with one attached hydrogen (secondary N) is 1. The molecule has 0 aliphatic rings. The number of rotatable bonds is 3. The molecule has 130 valence electrons. The third-order valence-corrected chi connectivity index (χ3v) is 5.32. The van der Waals surface area contributed by atoms with E-state index < -0.39 is 15.7 Å².